The van der Waals surface area contributed by atoms with E-state index in [0.29, 0.717) is 36.7 Å². The van der Waals surface area contributed by atoms with E-state index >= 15 is 0 Å². The number of aromatic nitrogens is 3. The molecule has 2 aromatic heterocycles. The molecule has 3 heterocycles. The lowest BCUT2D eigenvalue weighted by molar-refractivity contribution is 0.0680. The van der Waals surface area contributed by atoms with Crippen molar-refractivity contribution in [3.8, 4) is 5.88 Å². The number of thiazole rings is 1. The molecule has 0 bridgehead atoms. The number of benzene rings is 1. The van der Waals surface area contributed by atoms with Crippen LogP contribution in [0.4, 0.5) is 13.2 Å². The highest BCUT2D eigenvalue weighted by molar-refractivity contribution is 7.09. The van der Waals surface area contributed by atoms with E-state index in [4.69, 9.17) is 27.9 Å². The highest BCUT2D eigenvalue weighted by atomic mass is 35.5. The summed E-state index contributed by atoms with van der Waals surface area (Å²) in [6.45, 7) is 0.981. The Hall–Kier alpha value is -2.47. The lowest BCUT2D eigenvalue weighted by atomic mass is 10.0. The number of alkyl halides is 2. The average molecular weight is 546 g/mol. The standard InChI is InChI=1S/C22H20Cl2F3N5O2S/c23-13-2-1-3-14(25)17(13)21(33)29-10-15(19-18(20(26)27)30-11-35-19)32-8-5-12(6-9-32)34-16-4-7-28-22(24)31-16/h1-4,7,11-12,15,20H,5-6,8-10H2,(H,29,33). The predicted octanol–water partition coefficient (Wildman–Crippen LogP) is 5.33. The molecule has 1 aliphatic rings. The number of nitrogens with one attached hydrogen (secondary N) is 1. The van der Waals surface area contributed by atoms with Crippen molar-refractivity contribution in [2.45, 2.75) is 31.4 Å². The van der Waals surface area contributed by atoms with Gasteiger partial charge in [0.05, 0.1) is 27.0 Å². The topological polar surface area (TPSA) is 80.2 Å². The minimum Gasteiger partial charge on any atom is -0.474 e. The van der Waals surface area contributed by atoms with E-state index < -0.39 is 24.2 Å². The highest BCUT2D eigenvalue weighted by Gasteiger charge is 2.32. The van der Waals surface area contributed by atoms with Crippen molar-refractivity contribution in [1.29, 1.82) is 0 Å². The minimum absolute atomic E-state index is 0.0293. The number of amides is 1. The molecule has 1 aromatic carbocycles. The Morgan fingerprint density at radius 1 is 1.23 bits per heavy atom. The Bertz CT molecular complexity index is 1160. The molecule has 1 fully saturated rings. The number of nitrogens with zero attached hydrogens (tertiary/aromatic N) is 4. The Morgan fingerprint density at radius 3 is 2.69 bits per heavy atom. The zero-order valence-corrected chi connectivity index (χ0v) is 20.5. The molecular formula is C22H20Cl2F3N5O2S. The van der Waals surface area contributed by atoms with Crippen LogP contribution in [0.3, 0.4) is 0 Å². The minimum atomic E-state index is -2.76. The van der Waals surface area contributed by atoms with Gasteiger partial charge < -0.3 is 10.1 Å². The molecule has 1 aliphatic heterocycles. The van der Waals surface area contributed by atoms with Gasteiger partial charge in [-0.1, -0.05) is 17.7 Å². The number of rotatable bonds is 8. The largest absolute Gasteiger partial charge is 0.474 e. The van der Waals surface area contributed by atoms with Crippen molar-refractivity contribution >= 4 is 40.4 Å². The molecule has 4 rings (SSSR count). The van der Waals surface area contributed by atoms with Gasteiger partial charge in [-0.05, 0) is 36.6 Å². The third kappa shape index (κ3) is 6.21. The van der Waals surface area contributed by atoms with Crippen LogP contribution in [0.5, 0.6) is 5.88 Å². The van der Waals surface area contributed by atoms with Crippen LogP contribution in [0, 0.1) is 5.82 Å². The third-order valence-corrected chi connectivity index (χ3v) is 7.03. The summed E-state index contributed by atoms with van der Waals surface area (Å²) in [5.74, 6) is -1.13. The second kappa shape index (κ2) is 11.5. The van der Waals surface area contributed by atoms with Crippen molar-refractivity contribution in [1.82, 2.24) is 25.2 Å². The van der Waals surface area contributed by atoms with E-state index in [-0.39, 0.29) is 34.2 Å². The first kappa shape index (κ1) is 25.6. The van der Waals surface area contributed by atoms with Gasteiger partial charge in [-0.25, -0.2) is 23.1 Å². The zero-order chi connectivity index (χ0) is 24.9. The zero-order valence-electron chi connectivity index (χ0n) is 18.1. The summed E-state index contributed by atoms with van der Waals surface area (Å²) in [6.07, 6.45) is -0.238. The van der Waals surface area contributed by atoms with Gasteiger partial charge in [0.2, 0.25) is 11.2 Å². The summed E-state index contributed by atoms with van der Waals surface area (Å²) in [4.78, 5) is 26.7. The number of ether oxygens (including phenoxy) is 1. The average Bonchev–Trinajstić information content (AvgIpc) is 3.30. The molecule has 0 saturated carbocycles. The molecule has 0 radical (unpaired) electrons. The van der Waals surface area contributed by atoms with Crippen LogP contribution in [-0.2, 0) is 0 Å². The molecule has 1 saturated heterocycles. The van der Waals surface area contributed by atoms with E-state index in [2.05, 4.69) is 20.3 Å². The molecule has 1 atom stereocenters. The van der Waals surface area contributed by atoms with Crippen LogP contribution in [0.1, 0.15) is 46.2 Å². The first-order valence-corrected chi connectivity index (χ1v) is 12.3. The number of hydrogen-bond acceptors (Lipinski definition) is 7. The highest BCUT2D eigenvalue weighted by Crippen LogP contribution is 2.34. The number of halogens is 5. The van der Waals surface area contributed by atoms with E-state index in [1.165, 1.54) is 23.8 Å². The van der Waals surface area contributed by atoms with Crippen molar-refractivity contribution in [2.24, 2.45) is 0 Å². The summed E-state index contributed by atoms with van der Waals surface area (Å²) >= 11 is 12.9. The SMILES string of the molecule is O=C(NCC(c1scnc1C(F)F)N1CCC(Oc2ccnc(Cl)n2)CC1)c1c(F)cccc1Cl. The van der Waals surface area contributed by atoms with Crippen LogP contribution in [0.25, 0.3) is 0 Å². The fourth-order valence-corrected chi connectivity index (χ4v) is 5.24. The first-order chi connectivity index (χ1) is 16.8. The van der Waals surface area contributed by atoms with Gasteiger partial charge in [-0.15, -0.1) is 11.3 Å². The summed E-state index contributed by atoms with van der Waals surface area (Å²) in [5, 5.41) is 2.70. The van der Waals surface area contributed by atoms with Gasteiger partial charge in [0.15, 0.2) is 0 Å². The maximum Gasteiger partial charge on any atom is 0.281 e. The smallest absolute Gasteiger partial charge is 0.281 e. The third-order valence-electron chi connectivity index (χ3n) is 5.58. The Kier molecular flexibility index (Phi) is 8.42. The maximum atomic E-state index is 14.2. The predicted molar refractivity (Wildman–Crippen MR) is 126 cm³/mol. The van der Waals surface area contributed by atoms with Crippen LogP contribution >= 0.6 is 34.5 Å². The monoisotopic (exact) mass is 545 g/mol. The molecular weight excluding hydrogens is 526 g/mol. The fraction of sp³-hybridized carbons (Fsp3) is 0.364. The van der Waals surface area contributed by atoms with Crippen molar-refractivity contribution in [2.75, 3.05) is 19.6 Å². The fourth-order valence-electron chi connectivity index (χ4n) is 3.92. The number of hydrogen-bond donors (Lipinski definition) is 1. The van der Waals surface area contributed by atoms with Crippen molar-refractivity contribution < 1.29 is 22.7 Å². The van der Waals surface area contributed by atoms with Crippen LogP contribution < -0.4 is 10.1 Å². The Balaban J connectivity index is 1.47. The molecule has 1 N–H and O–H groups in total. The van der Waals surface area contributed by atoms with E-state index in [9.17, 15) is 18.0 Å². The van der Waals surface area contributed by atoms with Crippen LogP contribution in [0.2, 0.25) is 10.3 Å². The van der Waals surface area contributed by atoms with E-state index in [1.807, 2.05) is 4.90 Å². The van der Waals surface area contributed by atoms with Crippen LogP contribution in [0.15, 0.2) is 36.0 Å². The molecule has 0 spiro atoms. The molecule has 1 unspecified atom stereocenters. The molecule has 13 heteroatoms. The first-order valence-electron chi connectivity index (χ1n) is 10.7. The summed E-state index contributed by atoms with van der Waals surface area (Å²) in [7, 11) is 0. The summed E-state index contributed by atoms with van der Waals surface area (Å²) in [5.41, 5.74) is 0.739. The van der Waals surface area contributed by atoms with Gasteiger partial charge >= 0.3 is 0 Å². The number of carbonyl (C=O) groups excluding carboxylic acids is 1. The van der Waals surface area contributed by atoms with E-state index in [0.717, 1.165) is 17.4 Å². The molecule has 186 valence electrons. The Morgan fingerprint density at radius 2 is 2.00 bits per heavy atom. The second-order valence-electron chi connectivity index (χ2n) is 7.74. The number of piperidine rings is 1. The van der Waals surface area contributed by atoms with Crippen molar-refractivity contribution in [3.05, 3.63) is 68.2 Å². The molecule has 35 heavy (non-hydrogen) atoms. The molecule has 1 amide bonds. The quantitative estimate of drug-likeness (QED) is 0.385. The molecule has 0 aliphatic carbocycles. The lowest BCUT2D eigenvalue weighted by Crippen LogP contribution is -2.44. The van der Waals surface area contributed by atoms with Gasteiger partial charge in [-0.3, -0.25) is 9.69 Å². The second-order valence-corrected chi connectivity index (χ2v) is 9.37. The van der Waals surface area contributed by atoms with E-state index in [1.54, 1.807) is 6.07 Å². The van der Waals surface area contributed by atoms with Crippen LogP contribution in [-0.4, -0.2) is 51.5 Å². The summed E-state index contributed by atoms with van der Waals surface area (Å²) < 4.78 is 47.3. The molecule has 3 aromatic rings. The van der Waals surface area contributed by atoms with Gasteiger partial charge in [0.1, 0.15) is 17.6 Å². The summed E-state index contributed by atoms with van der Waals surface area (Å²) in [6, 6.07) is 4.95. The lowest BCUT2D eigenvalue weighted by Gasteiger charge is -2.37. The number of likely N-dealkylation sites (tertiary alicyclic amines) is 1. The van der Waals surface area contributed by atoms with Gasteiger partial charge in [0, 0.05) is 31.9 Å². The Labute approximate surface area is 213 Å². The van der Waals surface area contributed by atoms with Gasteiger partial charge in [0.25, 0.3) is 12.3 Å². The number of carbonyl (C=O) groups is 1. The van der Waals surface area contributed by atoms with Gasteiger partial charge in [-0.2, -0.15) is 4.98 Å². The van der Waals surface area contributed by atoms with Crippen molar-refractivity contribution in [3.63, 3.8) is 0 Å². The molecule has 7 nitrogen and oxygen atoms in total. The maximum absolute atomic E-state index is 14.2. The normalized spacial score (nSPS) is 15.8.